The summed E-state index contributed by atoms with van der Waals surface area (Å²) in [5.41, 5.74) is -0.582. The first-order chi connectivity index (χ1) is 12.0. The molecule has 25 heavy (non-hydrogen) atoms. The third kappa shape index (κ3) is 3.53. The van der Waals surface area contributed by atoms with Crippen LogP contribution in [0.2, 0.25) is 0 Å². The molecule has 1 aliphatic rings. The first kappa shape index (κ1) is 17.5. The summed E-state index contributed by atoms with van der Waals surface area (Å²) in [5.74, 6) is -4.94. The largest absolute Gasteiger partial charge is 0.491 e. The van der Waals surface area contributed by atoms with E-state index in [-0.39, 0.29) is 6.04 Å². The lowest BCUT2D eigenvalue weighted by Crippen LogP contribution is -2.45. The topological polar surface area (TPSA) is 67.3 Å². The second kappa shape index (κ2) is 7.26. The number of carbonyl (C=O) groups is 1. The predicted octanol–water partition coefficient (Wildman–Crippen LogP) is 2.36. The van der Waals surface area contributed by atoms with Gasteiger partial charge >= 0.3 is 0 Å². The zero-order chi connectivity index (χ0) is 18.0. The smallest absolute Gasteiger partial charge is 0.254 e. The van der Waals surface area contributed by atoms with E-state index in [1.165, 1.54) is 0 Å². The fraction of sp³-hybridized carbons (Fsp3) is 0.400. The molecule has 1 saturated heterocycles. The van der Waals surface area contributed by atoms with Crippen molar-refractivity contribution in [3.05, 3.63) is 35.3 Å². The number of rotatable bonds is 4. The summed E-state index contributed by atoms with van der Waals surface area (Å²) in [6, 6.07) is 0.340. The molecule has 3 rings (SSSR count). The van der Waals surface area contributed by atoms with Crippen LogP contribution in [0.3, 0.4) is 0 Å². The van der Waals surface area contributed by atoms with Crippen LogP contribution in [0, 0.1) is 17.5 Å². The van der Waals surface area contributed by atoms with Gasteiger partial charge in [0.1, 0.15) is 0 Å². The van der Waals surface area contributed by atoms with Gasteiger partial charge in [-0.25, -0.2) is 8.78 Å². The van der Waals surface area contributed by atoms with Crippen LogP contribution in [0.25, 0.3) is 0 Å². The van der Waals surface area contributed by atoms with Crippen molar-refractivity contribution in [2.75, 3.05) is 25.1 Å². The maximum Gasteiger partial charge on any atom is 0.254 e. The predicted molar refractivity (Wildman–Crippen MR) is 85.5 cm³/mol. The molecule has 1 aromatic carbocycles. The normalized spacial score (nSPS) is 15.3. The van der Waals surface area contributed by atoms with Gasteiger partial charge in [-0.05, 0) is 18.9 Å². The Morgan fingerprint density at radius 3 is 2.64 bits per heavy atom. The van der Waals surface area contributed by atoms with Crippen LogP contribution in [-0.2, 0) is 0 Å². The second-order valence-corrected chi connectivity index (χ2v) is 6.12. The van der Waals surface area contributed by atoms with Crippen molar-refractivity contribution >= 4 is 23.5 Å². The maximum atomic E-state index is 14.2. The number of nitrogens with zero attached hydrogens (tertiary/aromatic N) is 3. The molecule has 2 aromatic rings. The highest BCUT2D eigenvalue weighted by atomic mass is 32.1. The minimum atomic E-state index is -1.46. The maximum absolute atomic E-state index is 14.2. The summed E-state index contributed by atoms with van der Waals surface area (Å²) in [7, 11) is 1.01. The molecule has 2 heterocycles. The summed E-state index contributed by atoms with van der Waals surface area (Å²) < 4.78 is 53.7. The van der Waals surface area contributed by atoms with Gasteiger partial charge in [-0.2, -0.15) is 13.1 Å². The molecule has 1 fully saturated rings. The van der Waals surface area contributed by atoms with E-state index in [0.29, 0.717) is 32.0 Å². The Morgan fingerprint density at radius 1 is 1.32 bits per heavy atom. The number of amides is 1. The van der Waals surface area contributed by atoms with Crippen molar-refractivity contribution in [2.24, 2.45) is 0 Å². The Hall–Kier alpha value is -2.36. The first-order valence-corrected chi connectivity index (χ1v) is 8.29. The Morgan fingerprint density at radius 2 is 2.04 bits per heavy atom. The van der Waals surface area contributed by atoms with Crippen LogP contribution in [0.15, 0.2) is 12.3 Å². The number of hydrogen-bond acceptors (Lipinski definition) is 6. The average Bonchev–Trinajstić information content (AvgIpc) is 3.14. The van der Waals surface area contributed by atoms with Crippen molar-refractivity contribution in [1.29, 1.82) is 0 Å². The molecule has 0 aliphatic carbocycles. The number of anilines is 1. The van der Waals surface area contributed by atoms with Gasteiger partial charge in [0.25, 0.3) is 5.91 Å². The van der Waals surface area contributed by atoms with E-state index in [4.69, 9.17) is 0 Å². The molecule has 1 amide bonds. The number of aromatic nitrogens is 2. The van der Waals surface area contributed by atoms with E-state index in [0.717, 1.165) is 24.7 Å². The second-order valence-electron chi connectivity index (χ2n) is 5.57. The minimum absolute atomic E-state index is 0.200. The molecule has 1 aromatic heterocycles. The number of piperidine rings is 1. The SMILES string of the molecule is COc1c(F)c(F)cc(C(=O)NC2CCN(c3cnsn3)CC2)c1F. The van der Waals surface area contributed by atoms with Crippen LogP contribution in [0.5, 0.6) is 5.75 Å². The quantitative estimate of drug-likeness (QED) is 0.835. The van der Waals surface area contributed by atoms with Gasteiger partial charge in [-0.15, -0.1) is 0 Å². The number of carbonyl (C=O) groups excluding carboxylic acids is 1. The number of nitrogens with one attached hydrogen (secondary N) is 1. The van der Waals surface area contributed by atoms with Crippen LogP contribution in [0.1, 0.15) is 23.2 Å². The van der Waals surface area contributed by atoms with Gasteiger partial charge in [0.15, 0.2) is 23.2 Å². The van der Waals surface area contributed by atoms with Gasteiger partial charge in [0.2, 0.25) is 5.82 Å². The fourth-order valence-electron chi connectivity index (χ4n) is 2.74. The van der Waals surface area contributed by atoms with E-state index < -0.39 is 34.7 Å². The summed E-state index contributed by atoms with van der Waals surface area (Å²) in [6.07, 6.45) is 2.91. The molecule has 0 bridgehead atoms. The zero-order valence-electron chi connectivity index (χ0n) is 13.3. The number of halogens is 3. The standard InChI is InChI=1S/C15H15F3N4O2S/c1-24-14-12(17)9(6-10(16)13(14)18)15(23)20-8-2-4-22(5-3-8)11-7-19-25-21-11/h6-8H,2-5H2,1H3,(H,20,23). The molecule has 1 aliphatic heterocycles. The summed E-state index contributed by atoms with van der Waals surface area (Å²) in [5, 5.41) is 2.66. The average molecular weight is 372 g/mol. The highest BCUT2D eigenvalue weighted by Gasteiger charge is 2.27. The van der Waals surface area contributed by atoms with Crippen LogP contribution in [0.4, 0.5) is 19.0 Å². The van der Waals surface area contributed by atoms with Gasteiger partial charge in [-0.1, -0.05) is 0 Å². The summed E-state index contributed by atoms with van der Waals surface area (Å²) >= 11 is 1.12. The van der Waals surface area contributed by atoms with Gasteiger partial charge in [0.05, 0.1) is 30.6 Å². The molecule has 0 spiro atoms. The summed E-state index contributed by atoms with van der Waals surface area (Å²) in [6.45, 7) is 1.31. The van der Waals surface area contributed by atoms with Crippen molar-refractivity contribution in [3.63, 3.8) is 0 Å². The van der Waals surface area contributed by atoms with Crippen molar-refractivity contribution in [3.8, 4) is 5.75 Å². The summed E-state index contributed by atoms with van der Waals surface area (Å²) in [4.78, 5) is 14.3. The number of methoxy groups -OCH3 is 1. The number of ether oxygens (including phenoxy) is 1. The lowest BCUT2D eigenvalue weighted by atomic mass is 10.0. The van der Waals surface area contributed by atoms with Gasteiger partial charge in [0, 0.05) is 19.1 Å². The molecular formula is C15H15F3N4O2S. The van der Waals surface area contributed by atoms with Crippen LogP contribution in [-0.4, -0.2) is 40.9 Å². The molecule has 134 valence electrons. The van der Waals surface area contributed by atoms with E-state index >= 15 is 0 Å². The fourth-order valence-corrected chi connectivity index (χ4v) is 3.17. The Bertz CT molecular complexity index is 765. The molecule has 0 unspecified atom stereocenters. The van der Waals surface area contributed by atoms with E-state index in [9.17, 15) is 18.0 Å². The highest BCUT2D eigenvalue weighted by Crippen LogP contribution is 2.27. The molecule has 1 N–H and O–H groups in total. The molecule has 0 atom stereocenters. The molecule has 6 nitrogen and oxygen atoms in total. The number of benzene rings is 1. The lowest BCUT2D eigenvalue weighted by Gasteiger charge is -2.32. The lowest BCUT2D eigenvalue weighted by molar-refractivity contribution is 0.0925. The van der Waals surface area contributed by atoms with E-state index in [1.807, 2.05) is 4.90 Å². The van der Waals surface area contributed by atoms with E-state index in [1.54, 1.807) is 6.20 Å². The van der Waals surface area contributed by atoms with Gasteiger partial charge in [-0.3, -0.25) is 4.79 Å². The van der Waals surface area contributed by atoms with Crippen molar-refractivity contribution in [2.45, 2.75) is 18.9 Å². The van der Waals surface area contributed by atoms with E-state index in [2.05, 4.69) is 18.8 Å². The molecular weight excluding hydrogens is 357 g/mol. The van der Waals surface area contributed by atoms with Gasteiger partial charge < -0.3 is 15.0 Å². The Labute approximate surface area is 145 Å². The number of hydrogen-bond donors (Lipinski definition) is 1. The molecule has 0 saturated carbocycles. The third-order valence-electron chi connectivity index (χ3n) is 4.07. The first-order valence-electron chi connectivity index (χ1n) is 7.56. The van der Waals surface area contributed by atoms with Crippen LogP contribution < -0.4 is 15.0 Å². The minimum Gasteiger partial charge on any atom is -0.491 e. The Kier molecular flexibility index (Phi) is 5.07. The Balaban J connectivity index is 1.66. The highest BCUT2D eigenvalue weighted by molar-refractivity contribution is 6.99. The zero-order valence-corrected chi connectivity index (χ0v) is 14.1. The molecule has 0 radical (unpaired) electrons. The molecule has 10 heteroatoms. The van der Waals surface area contributed by atoms with Crippen molar-refractivity contribution in [1.82, 2.24) is 14.1 Å². The monoisotopic (exact) mass is 372 g/mol. The van der Waals surface area contributed by atoms with Crippen molar-refractivity contribution < 1.29 is 22.7 Å². The van der Waals surface area contributed by atoms with Crippen LogP contribution >= 0.6 is 11.7 Å². The third-order valence-corrected chi connectivity index (χ3v) is 4.54.